The quantitative estimate of drug-likeness (QED) is 0.176. The smallest absolute Gasteiger partial charge is 0.235 e. The number of rotatable bonds is 4. The highest BCUT2D eigenvalue weighted by Gasteiger charge is 2.20. The van der Waals surface area contributed by atoms with Crippen molar-refractivity contribution in [2.24, 2.45) is 0 Å². The Morgan fingerprint density at radius 1 is 0.365 bits per heavy atom. The van der Waals surface area contributed by atoms with E-state index in [1.165, 1.54) is 10.8 Å². The van der Waals surface area contributed by atoms with Crippen LogP contribution < -0.4 is 0 Å². The maximum atomic E-state index is 5.35. The van der Waals surface area contributed by atoms with Crippen LogP contribution in [-0.4, -0.2) is 24.1 Å². The maximum absolute atomic E-state index is 5.35. The summed E-state index contributed by atoms with van der Waals surface area (Å²) in [6.45, 7) is 0. The fourth-order valence-electron chi connectivity index (χ4n) is 7.96. The van der Waals surface area contributed by atoms with Crippen LogP contribution in [0.2, 0.25) is 0 Å². The summed E-state index contributed by atoms with van der Waals surface area (Å²) in [5, 5.41) is 8.00. The number of fused-ring (bicyclic) bond motifs is 9. The van der Waals surface area contributed by atoms with Crippen molar-refractivity contribution in [3.8, 4) is 34.3 Å². The van der Waals surface area contributed by atoms with Crippen LogP contribution in [0.4, 0.5) is 0 Å². The molecule has 0 atom stereocenters. The molecule has 0 aliphatic carbocycles. The van der Waals surface area contributed by atoms with Gasteiger partial charge in [-0.2, -0.15) is 0 Å². The van der Waals surface area contributed by atoms with Crippen molar-refractivity contribution in [3.05, 3.63) is 176 Å². The van der Waals surface area contributed by atoms with Gasteiger partial charge >= 0.3 is 0 Å². The molecule has 3 heterocycles. The Kier molecular flexibility index (Phi) is 6.18. The van der Waals surface area contributed by atoms with Crippen molar-refractivity contribution in [3.63, 3.8) is 0 Å². The third-order valence-corrected chi connectivity index (χ3v) is 10.3. The van der Waals surface area contributed by atoms with Gasteiger partial charge in [-0.25, -0.2) is 15.0 Å². The lowest BCUT2D eigenvalue weighted by Crippen LogP contribution is -2.03. The predicted octanol–water partition coefficient (Wildman–Crippen LogP) is 11.7. The third kappa shape index (κ3) is 4.26. The first kappa shape index (κ1) is 28.7. The van der Waals surface area contributed by atoms with Gasteiger partial charge in [0.05, 0.1) is 33.3 Å². The van der Waals surface area contributed by atoms with E-state index in [1.54, 1.807) is 0 Å². The first-order valence-corrected chi connectivity index (χ1v) is 17.5. The molecule has 0 aliphatic heterocycles. The van der Waals surface area contributed by atoms with Gasteiger partial charge in [0.25, 0.3) is 0 Å². The van der Waals surface area contributed by atoms with E-state index in [0.29, 0.717) is 5.95 Å². The lowest BCUT2D eigenvalue weighted by atomic mass is 9.99. The van der Waals surface area contributed by atoms with Crippen LogP contribution >= 0.6 is 0 Å². The largest absolute Gasteiger partial charge is 0.292 e. The van der Waals surface area contributed by atoms with Crippen molar-refractivity contribution in [2.45, 2.75) is 0 Å². The minimum absolute atomic E-state index is 0.658. The van der Waals surface area contributed by atoms with Crippen LogP contribution in [0.5, 0.6) is 0 Å². The second-order valence-corrected chi connectivity index (χ2v) is 13.3. The van der Waals surface area contributed by atoms with Crippen LogP contribution in [0.1, 0.15) is 0 Å². The Morgan fingerprint density at radius 3 is 1.85 bits per heavy atom. The van der Waals surface area contributed by atoms with Gasteiger partial charge in [0, 0.05) is 38.4 Å². The third-order valence-electron chi connectivity index (χ3n) is 10.3. The molecule has 0 bridgehead atoms. The Bertz CT molecular complexity index is 3160. The molecule has 5 heteroatoms. The fraction of sp³-hybridized carbons (Fsp3) is 0. The highest BCUT2D eigenvalue weighted by molar-refractivity contribution is 6.21. The van der Waals surface area contributed by atoms with Crippen LogP contribution in [0.15, 0.2) is 176 Å². The molecule has 0 fully saturated rings. The lowest BCUT2D eigenvalue weighted by molar-refractivity contribution is 1.01. The molecule has 0 saturated carbocycles. The Labute approximate surface area is 298 Å². The van der Waals surface area contributed by atoms with E-state index in [-0.39, 0.29) is 0 Å². The fourth-order valence-corrected chi connectivity index (χ4v) is 7.96. The highest BCUT2D eigenvalue weighted by Crippen LogP contribution is 2.40. The van der Waals surface area contributed by atoms with E-state index in [0.717, 1.165) is 82.8 Å². The highest BCUT2D eigenvalue weighted by atomic mass is 15.2. The average Bonchev–Trinajstić information content (AvgIpc) is 3.77. The van der Waals surface area contributed by atoms with Gasteiger partial charge in [-0.05, 0) is 58.6 Å². The average molecular weight is 664 g/mol. The molecular formula is C47H29N5. The minimum Gasteiger partial charge on any atom is -0.292 e. The van der Waals surface area contributed by atoms with Crippen LogP contribution in [0.25, 0.3) is 99.6 Å². The molecule has 0 spiro atoms. The second kappa shape index (κ2) is 11.2. The summed E-state index contributed by atoms with van der Waals surface area (Å²) in [4.78, 5) is 15.8. The molecule has 0 unspecified atom stereocenters. The summed E-state index contributed by atoms with van der Waals surface area (Å²) in [7, 11) is 0. The van der Waals surface area contributed by atoms with Crippen LogP contribution in [-0.2, 0) is 0 Å². The van der Waals surface area contributed by atoms with E-state index >= 15 is 0 Å². The van der Waals surface area contributed by atoms with Crippen molar-refractivity contribution < 1.29 is 0 Å². The Balaban J connectivity index is 1.19. The van der Waals surface area contributed by atoms with Gasteiger partial charge in [0.15, 0.2) is 0 Å². The molecule has 0 aliphatic rings. The zero-order chi connectivity index (χ0) is 34.2. The van der Waals surface area contributed by atoms with Gasteiger partial charge in [0.1, 0.15) is 5.82 Å². The summed E-state index contributed by atoms with van der Waals surface area (Å²) >= 11 is 0. The summed E-state index contributed by atoms with van der Waals surface area (Å²) in [6.07, 6.45) is 0. The number of nitrogens with zero attached hydrogens (tertiary/aromatic N) is 5. The van der Waals surface area contributed by atoms with Crippen molar-refractivity contribution in [2.75, 3.05) is 0 Å². The SMILES string of the molecule is c1ccc(-c2nc(-n3c4ccccc4c4cc5c(ccc6c5ccc5c6nc(-c6ccccc6)n5-c5ccccc5)cc43)nc3ccccc23)cc1. The second-order valence-electron chi connectivity index (χ2n) is 13.3. The van der Waals surface area contributed by atoms with E-state index in [9.17, 15) is 0 Å². The number of benzene rings is 8. The first-order valence-electron chi connectivity index (χ1n) is 17.5. The number of hydrogen-bond acceptors (Lipinski definition) is 3. The van der Waals surface area contributed by atoms with Crippen molar-refractivity contribution >= 4 is 65.3 Å². The summed E-state index contributed by atoms with van der Waals surface area (Å²) in [6, 6.07) is 61.8. The first-order chi connectivity index (χ1) is 25.8. The molecular weight excluding hydrogens is 635 g/mol. The monoisotopic (exact) mass is 663 g/mol. The van der Waals surface area contributed by atoms with Crippen LogP contribution in [0.3, 0.4) is 0 Å². The van der Waals surface area contributed by atoms with Gasteiger partial charge in [0.2, 0.25) is 5.95 Å². The van der Waals surface area contributed by atoms with E-state index in [4.69, 9.17) is 15.0 Å². The summed E-state index contributed by atoms with van der Waals surface area (Å²) in [5.74, 6) is 1.59. The molecule has 8 aromatic carbocycles. The zero-order valence-corrected chi connectivity index (χ0v) is 28.0. The standard InChI is InChI=1S/C47H29N5/c1-4-14-30(15-5-1)44-37-21-10-12-22-40(37)48-47(50-44)52-41-23-13-11-20-35(41)39-29-38-32(28-43(39)52)24-25-36-34(38)26-27-42-45(36)49-46(31-16-6-2-7-17-31)51(42)33-18-8-3-9-19-33/h1-29H. The normalized spacial score (nSPS) is 11.8. The number of imidazole rings is 1. The molecule has 0 N–H and O–H groups in total. The molecule has 11 aromatic rings. The number of para-hydroxylation sites is 3. The zero-order valence-electron chi connectivity index (χ0n) is 28.0. The van der Waals surface area contributed by atoms with Gasteiger partial charge in [-0.1, -0.05) is 133 Å². The molecule has 5 nitrogen and oxygen atoms in total. The lowest BCUT2D eigenvalue weighted by Gasteiger charge is -2.12. The summed E-state index contributed by atoms with van der Waals surface area (Å²) < 4.78 is 4.50. The van der Waals surface area contributed by atoms with Gasteiger partial charge in [-0.3, -0.25) is 9.13 Å². The molecule has 52 heavy (non-hydrogen) atoms. The molecule has 0 amide bonds. The van der Waals surface area contributed by atoms with E-state index < -0.39 is 0 Å². The maximum Gasteiger partial charge on any atom is 0.235 e. The Hall–Kier alpha value is -7.11. The Morgan fingerprint density at radius 2 is 1.04 bits per heavy atom. The number of hydrogen-bond donors (Lipinski definition) is 0. The predicted molar refractivity (Wildman–Crippen MR) is 214 cm³/mol. The van der Waals surface area contributed by atoms with Gasteiger partial charge in [-0.15, -0.1) is 0 Å². The molecule has 242 valence electrons. The number of aromatic nitrogens is 5. The van der Waals surface area contributed by atoms with E-state index in [2.05, 4.69) is 167 Å². The van der Waals surface area contributed by atoms with Crippen molar-refractivity contribution in [1.82, 2.24) is 24.1 Å². The molecule has 0 radical (unpaired) electrons. The molecule has 0 saturated heterocycles. The minimum atomic E-state index is 0.658. The topological polar surface area (TPSA) is 48.5 Å². The molecule has 3 aromatic heterocycles. The summed E-state index contributed by atoms with van der Waals surface area (Å²) in [5.41, 5.74) is 9.29. The van der Waals surface area contributed by atoms with Gasteiger partial charge < -0.3 is 0 Å². The van der Waals surface area contributed by atoms with Crippen LogP contribution in [0, 0.1) is 0 Å². The van der Waals surface area contributed by atoms with E-state index in [1.807, 2.05) is 18.2 Å². The van der Waals surface area contributed by atoms with Crippen molar-refractivity contribution in [1.29, 1.82) is 0 Å². The molecule has 11 rings (SSSR count).